The van der Waals surface area contributed by atoms with Crippen LogP contribution in [0.1, 0.15) is 19.2 Å². The Hall–Kier alpha value is -2.41. The third-order valence-electron chi connectivity index (χ3n) is 3.33. The molecule has 2 N–H and O–H groups in total. The molecule has 0 aliphatic rings. The van der Waals surface area contributed by atoms with Crippen LogP contribution in [0.2, 0.25) is 5.02 Å². The molecule has 0 atom stereocenters. The monoisotopic (exact) mass is 318 g/mol. The molecule has 0 fully saturated rings. The molecule has 7 nitrogen and oxygen atoms in total. The zero-order chi connectivity index (χ0) is 15.5. The van der Waals surface area contributed by atoms with Crippen LogP contribution in [0.25, 0.3) is 11.0 Å². The lowest BCUT2D eigenvalue weighted by Crippen LogP contribution is -2.16. The Morgan fingerprint density at radius 1 is 1.45 bits per heavy atom. The summed E-state index contributed by atoms with van der Waals surface area (Å²) in [5.41, 5.74) is 1.71. The number of aryl methyl sites for hydroxylation is 2. The number of H-pyrrole nitrogens is 1. The smallest absolute Gasteiger partial charge is 0.227 e. The van der Waals surface area contributed by atoms with Gasteiger partial charge in [0.25, 0.3) is 0 Å². The molecule has 114 valence electrons. The van der Waals surface area contributed by atoms with E-state index in [4.69, 9.17) is 11.6 Å². The highest BCUT2D eigenvalue weighted by Gasteiger charge is 2.13. The van der Waals surface area contributed by atoms with E-state index in [1.54, 1.807) is 6.07 Å². The van der Waals surface area contributed by atoms with Crippen molar-refractivity contribution in [1.29, 1.82) is 0 Å². The van der Waals surface area contributed by atoms with Crippen LogP contribution >= 0.6 is 11.6 Å². The lowest BCUT2D eigenvalue weighted by Gasteiger charge is -2.07. The molecule has 0 aliphatic carbocycles. The fourth-order valence-electron chi connectivity index (χ4n) is 2.29. The molecule has 0 unspecified atom stereocenters. The van der Waals surface area contributed by atoms with Gasteiger partial charge in [0.2, 0.25) is 11.9 Å². The van der Waals surface area contributed by atoms with Crippen molar-refractivity contribution in [2.24, 2.45) is 0 Å². The van der Waals surface area contributed by atoms with E-state index in [0.29, 0.717) is 36.2 Å². The van der Waals surface area contributed by atoms with Crippen LogP contribution in [0.15, 0.2) is 24.5 Å². The van der Waals surface area contributed by atoms with Gasteiger partial charge >= 0.3 is 0 Å². The molecule has 0 aliphatic heterocycles. The molecule has 0 radical (unpaired) electrons. The van der Waals surface area contributed by atoms with Crippen molar-refractivity contribution in [3.05, 3.63) is 35.4 Å². The zero-order valence-electron chi connectivity index (χ0n) is 12.0. The fourth-order valence-corrected chi connectivity index (χ4v) is 2.46. The van der Waals surface area contributed by atoms with Crippen LogP contribution in [-0.2, 0) is 17.8 Å². The maximum absolute atomic E-state index is 12.1. The van der Waals surface area contributed by atoms with E-state index in [1.807, 2.05) is 23.6 Å². The van der Waals surface area contributed by atoms with Gasteiger partial charge in [-0.15, -0.1) is 0 Å². The van der Waals surface area contributed by atoms with Crippen LogP contribution in [-0.4, -0.2) is 30.6 Å². The first-order valence-electron chi connectivity index (χ1n) is 6.97. The van der Waals surface area contributed by atoms with Crippen LogP contribution in [0, 0.1) is 0 Å². The van der Waals surface area contributed by atoms with Gasteiger partial charge in [0.15, 0.2) is 0 Å². The van der Waals surface area contributed by atoms with E-state index in [1.165, 1.54) is 6.33 Å². The lowest BCUT2D eigenvalue weighted by molar-refractivity contribution is -0.116. The second-order valence-corrected chi connectivity index (χ2v) is 5.23. The van der Waals surface area contributed by atoms with E-state index in [-0.39, 0.29) is 5.91 Å². The first kappa shape index (κ1) is 14.5. The average molecular weight is 319 g/mol. The van der Waals surface area contributed by atoms with Crippen molar-refractivity contribution in [2.75, 3.05) is 5.32 Å². The summed E-state index contributed by atoms with van der Waals surface area (Å²) in [6.07, 6.45) is 2.24. The molecule has 0 bridgehead atoms. The number of aromatic amines is 1. The number of carbonyl (C=O) groups is 1. The van der Waals surface area contributed by atoms with Crippen LogP contribution in [0.5, 0.6) is 0 Å². The van der Waals surface area contributed by atoms with Crippen LogP contribution in [0.3, 0.4) is 0 Å². The average Bonchev–Trinajstić information content (AvgIpc) is 3.11. The van der Waals surface area contributed by atoms with Gasteiger partial charge in [-0.25, -0.2) is 9.97 Å². The minimum atomic E-state index is -0.118. The Kier molecular flexibility index (Phi) is 4.06. The molecule has 2 aromatic heterocycles. The predicted octanol–water partition coefficient (Wildman–Crippen LogP) is 2.40. The molecule has 2 heterocycles. The molecular formula is C14H15ClN6O. The van der Waals surface area contributed by atoms with Crippen molar-refractivity contribution in [2.45, 2.75) is 26.3 Å². The van der Waals surface area contributed by atoms with E-state index >= 15 is 0 Å². The molecule has 8 heteroatoms. The molecule has 0 saturated heterocycles. The third kappa shape index (κ3) is 2.94. The number of amides is 1. The molecule has 3 aromatic rings. The number of nitrogens with one attached hydrogen (secondary N) is 2. The van der Waals surface area contributed by atoms with Crippen molar-refractivity contribution in [1.82, 2.24) is 24.7 Å². The SMILES string of the molecule is CCn1c(NC(=O)CCc2ncn[nH]2)nc2cc(Cl)ccc21. The summed E-state index contributed by atoms with van der Waals surface area (Å²) >= 11 is 5.98. The number of rotatable bonds is 5. The maximum atomic E-state index is 12.1. The number of imidazole rings is 1. The topological polar surface area (TPSA) is 88.5 Å². The predicted molar refractivity (Wildman–Crippen MR) is 83.8 cm³/mol. The third-order valence-corrected chi connectivity index (χ3v) is 3.57. The lowest BCUT2D eigenvalue weighted by atomic mass is 10.3. The summed E-state index contributed by atoms with van der Waals surface area (Å²) in [5, 5.41) is 9.94. The highest BCUT2D eigenvalue weighted by molar-refractivity contribution is 6.31. The summed E-state index contributed by atoms with van der Waals surface area (Å²) in [6.45, 7) is 2.70. The van der Waals surface area contributed by atoms with Gasteiger partial charge < -0.3 is 4.57 Å². The van der Waals surface area contributed by atoms with Crippen LogP contribution in [0.4, 0.5) is 5.95 Å². The number of halogens is 1. The Balaban J connectivity index is 1.76. The van der Waals surface area contributed by atoms with Crippen molar-refractivity contribution in [3.8, 4) is 0 Å². The van der Waals surface area contributed by atoms with Gasteiger partial charge in [-0.05, 0) is 25.1 Å². The Bertz CT molecular complexity index is 795. The summed E-state index contributed by atoms with van der Waals surface area (Å²) in [6, 6.07) is 5.50. The molecule has 0 spiro atoms. The first-order chi connectivity index (χ1) is 10.7. The number of aromatic nitrogens is 5. The number of nitrogens with zero attached hydrogens (tertiary/aromatic N) is 4. The normalized spacial score (nSPS) is 11.0. The molecule has 1 aromatic carbocycles. The quantitative estimate of drug-likeness (QED) is 0.756. The summed E-state index contributed by atoms with van der Waals surface area (Å²) in [5.74, 6) is 1.10. The summed E-state index contributed by atoms with van der Waals surface area (Å²) in [7, 11) is 0. The first-order valence-corrected chi connectivity index (χ1v) is 7.35. The van der Waals surface area contributed by atoms with Gasteiger partial charge in [0.1, 0.15) is 12.2 Å². The number of benzene rings is 1. The Morgan fingerprint density at radius 3 is 3.05 bits per heavy atom. The molecule has 1 amide bonds. The maximum Gasteiger partial charge on any atom is 0.227 e. The largest absolute Gasteiger partial charge is 0.310 e. The van der Waals surface area contributed by atoms with E-state index in [0.717, 1.165) is 11.0 Å². The zero-order valence-corrected chi connectivity index (χ0v) is 12.8. The number of anilines is 1. The van der Waals surface area contributed by atoms with E-state index in [9.17, 15) is 4.79 Å². The highest BCUT2D eigenvalue weighted by atomic mass is 35.5. The standard InChI is InChI=1S/C14H15ClN6O/c1-2-21-11-4-3-9(15)7-10(11)18-14(21)19-13(22)6-5-12-16-8-17-20-12/h3-4,7-8H,2,5-6H2,1H3,(H,16,17,20)(H,18,19,22). The van der Waals surface area contributed by atoms with Gasteiger partial charge in [-0.1, -0.05) is 11.6 Å². The highest BCUT2D eigenvalue weighted by Crippen LogP contribution is 2.23. The van der Waals surface area contributed by atoms with E-state index < -0.39 is 0 Å². The van der Waals surface area contributed by atoms with Gasteiger partial charge in [-0.2, -0.15) is 5.10 Å². The van der Waals surface area contributed by atoms with Gasteiger partial charge in [0.05, 0.1) is 11.0 Å². The fraction of sp³-hybridized carbons (Fsp3) is 0.286. The van der Waals surface area contributed by atoms with E-state index in [2.05, 4.69) is 25.5 Å². The minimum Gasteiger partial charge on any atom is -0.310 e. The molecule has 0 saturated carbocycles. The number of hydrogen-bond acceptors (Lipinski definition) is 4. The number of carbonyl (C=O) groups excluding carboxylic acids is 1. The summed E-state index contributed by atoms with van der Waals surface area (Å²) in [4.78, 5) is 20.5. The number of hydrogen-bond donors (Lipinski definition) is 2. The van der Waals surface area contributed by atoms with Crippen molar-refractivity contribution < 1.29 is 4.79 Å². The number of fused-ring (bicyclic) bond motifs is 1. The molecule has 3 rings (SSSR count). The van der Waals surface area contributed by atoms with Gasteiger partial charge in [0, 0.05) is 24.4 Å². The Morgan fingerprint density at radius 2 is 2.32 bits per heavy atom. The van der Waals surface area contributed by atoms with Crippen molar-refractivity contribution in [3.63, 3.8) is 0 Å². The second-order valence-electron chi connectivity index (χ2n) is 4.79. The Labute approximate surface area is 131 Å². The summed E-state index contributed by atoms with van der Waals surface area (Å²) < 4.78 is 1.94. The molecule has 22 heavy (non-hydrogen) atoms. The second kappa shape index (κ2) is 6.15. The van der Waals surface area contributed by atoms with Crippen LogP contribution < -0.4 is 5.32 Å². The van der Waals surface area contributed by atoms with Gasteiger partial charge in [-0.3, -0.25) is 15.2 Å². The van der Waals surface area contributed by atoms with Crippen molar-refractivity contribution >= 4 is 34.5 Å². The minimum absolute atomic E-state index is 0.118. The molecular weight excluding hydrogens is 304 g/mol.